The summed E-state index contributed by atoms with van der Waals surface area (Å²) in [5.41, 5.74) is 6.30. The third kappa shape index (κ3) is 4.03. The number of hydrogen-bond acceptors (Lipinski definition) is 3. The molecule has 0 amide bonds. The van der Waals surface area contributed by atoms with Crippen LogP contribution in [0.3, 0.4) is 0 Å². The molecule has 52 valence electrons. The van der Waals surface area contributed by atoms with Gasteiger partial charge in [0.2, 0.25) is 0 Å². The number of rotatable bonds is 2. The molecule has 4 nitrogen and oxygen atoms in total. The van der Waals surface area contributed by atoms with Crippen molar-refractivity contribution >= 4 is 0 Å². The van der Waals surface area contributed by atoms with E-state index in [0.717, 1.165) is 12.1 Å². The monoisotopic (exact) mass is 151 g/mol. The van der Waals surface area contributed by atoms with Gasteiger partial charge in [-0.15, -0.1) is 0 Å². The third-order valence-corrected chi connectivity index (χ3v) is 0.955. The Morgan fingerprint density at radius 3 is 2.70 bits per heavy atom. The molecule has 0 saturated carbocycles. The van der Waals surface area contributed by atoms with E-state index in [-0.39, 0.29) is 35.0 Å². The minimum atomic E-state index is 0. The van der Waals surface area contributed by atoms with E-state index in [1.54, 1.807) is 6.33 Å². The van der Waals surface area contributed by atoms with E-state index in [1.807, 2.05) is 6.20 Å². The van der Waals surface area contributed by atoms with Crippen molar-refractivity contribution in [2.24, 2.45) is 5.73 Å². The fourth-order valence-electron chi connectivity index (χ4n) is 0.576. The number of aromatic amines is 1. The van der Waals surface area contributed by atoms with Gasteiger partial charge in [-0.1, -0.05) is 0 Å². The Morgan fingerprint density at radius 1 is 1.60 bits per heavy atom. The Bertz CT molecular complexity index is 143. The van der Waals surface area contributed by atoms with Gasteiger partial charge in [0.15, 0.2) is 0 Å². The van der Waals surface area contributed by atoms with Crippen molar-refractivity contribution in [3.8, 4) is 0 Å². The third-order valence-electron chi connectivity index (χ3n) is 0.955. The summed E-state index contributed by atoms with van der Waals surface area (Å²) < 4.78 is 0. The van der Waals surface area contributed by atoms with Crippen LogP contribution < -0.4 is 35.3 Å². The summed E-state index contributed by atoms with van der Waals surface area (Å²) in [6.45, 7) is 0.671. The van der Waals surface area contributed by atoms with E-state index in [4.69, 9.17) is 5.73 Å². The number of H-pyrrole nitrogens is 1. The van der Waals surface area contributed by atoms with Crippen LogP contribution in [0.5, 0.6) is 0 Å². The van der Waals surface area contributed by atoms with Crippen LogP contribution in [0.2, 0.25) is 0 Å². The molecule has 5 heteroatoms. The van der Waals surface area contributed by atoms with E-state index in [1.165, 1.54) is 0 Å². The van der Waals surface area contributed by atoms with Crippen molar-refractivity contribution in [2.45, 2.75) is 6.42 Å². The molecule has 0 radical (unpaired) electrons. The quantitative estimate of drug-likeness (QED) is 0.435. The van der Waals surface area contributed by atoms with E-state index < -0.39 is 0 Å². The Kier molecular flexibility index (Phi) is 9.25. The molecule has 1 rings (SSSR count). The van der Waals surface area contributed by atoms with Crippen LogP contribution in [0.1, 0.15) is 5.69 Å². The van der Waals surface area contributed by atoms with Gasteiger partial charge >= 0.3 is 29.6 Å². The first kappa shape index (κ1) is 12.8. The number of hydrogen-bond donors (Lipinski definition) is 2. The summed E-state index contributed by atoms with van der Waals surface area (Å²) in [4.78, 5) is 6.82. The van der Waals surface area contributed by atoms with Gasteiger partial charge < -0.3 is 16.2 Å². The van der Waals surface area contributed by atoms with Crippen LogP contribution in [-0.4, -0.2) is 22.0 Å². The molecular formula is C5H10N3NaO. The van der Waals surface area contributed by atoms with E-state index in [2.05, 4.69) is 9.97 Å². The van der Waals surface area contributed by atoms with E-state index in [0.29, 0.717) is 6.54 Å². The fraction of sp³-hybridized carbons (Fsp3) is 0.400. The molecule has 0 atom stereocenters. The van der Waals surface area contributed by atoms with Gasteiger partial charge in [-0.3, -0.25) is 0 Å². The number of nitrogens with two attached hydrogens (primary N) is 1. The maximum absolute atomic E-state index is 5.27. The number of aromatic nitrogens is 2. The molecule has 0 spiro atoms. The maximum atomic E-state index is 5.27. The molecule has 1 aromatic heterocycles. The van der Waals surface area contributed by atoms with Gasteiger partial charge in [0, 0.05) is 12.6 Å². The van der Waals surface area contributed by atoms with Crippen molar-refractivity contribution in [1.82, 2.24) is 9.97 Å². The normalized spacial score (nSPS) is 7.70. The van der Waals surface area contributed by atoms with Crippen LogP contribution >= 0.6 is 0 Å². The summed E-state index contributed by atoms with van der Waals surface area (Å²) in [6.07, 6.45) is 4.38. The Balaban J connectivity index is 0. The summed E-state index contributed by atoms with van der Waals surface area (Å²) >= 11 is 0. The summed E-state index contributed by atoms with van der Waals surface area (Å²) in [5, 5.41) is 0. The van der Waals surface area contributed by atoms with Crippen molar-refractivity contribution in [3.05, 3.63) is 18.2 Å². The second kappa shape index (κ2) is 7.24. The molecule has 0 fully saturated rings. The first-order valence-electron chi connectivity index (χ1n) is 2.61. The predicted octanol–water partition coefficient (Wildman–Crippen LogP) is -3.26. The summed E-state index contributed by atoms with van der Waals surface area (Å²) in [7, 11) is 0. The average molecular weight is 151 g/mol. The topological polar surface area (TPSA) is 84.7 Å². The minimum absolute atomic E-state index is 0. The molecule has 10 heavy (non-hydrogen) atoms. The smallest absolute Gasteiger partial charge is 0.870 e. The van der Waals surface area contributed by atoms with Crippen LogP contribution in [0.25, 0.3) is 0 Å². The van der Waals surface area contributed by atoms with Gasteiger partial charge in [0.1, 0.15) is 0 Å². The zero-order valence-corrected chi connectivity index (χ0v) is 8.04. The minimum Gasteiger partial charge on any atom is -0.870 e. The van der Waals surface area contributed by atoms with Crippen LogP contribution in [-0.2, 0) is 6.42 Å². The fourth-order valence-corrected chi connectivity index (χ4v) is 0.576. The van der Waals surface area contributed by atoms with E-state index in [9.17, 15) is 0 Å². The standard InChI is InChI=1S/C5H9N3.Na.H2O/c6-2-1-5-3-7-4-8-5;;/h3-4H,1-2,6H2,(H,7,8);;1H2/q;+1;/p-1. The molecule has 0 aliphatic rings. The molecule has 1 aromatic rings. The number of nitrogens with zero attached hydrogens (tertiary/aromatic N) is 1. The Morgan fingerprint density at radius 2 is 2.30 bits per heavy atom. The first-order valence-corrected chi connectivity index (χ1v) is 2.61. The first-order chi connectivity index (χ1) is 3.93. The van der Waals surface area contributed by atoms with Crippen molar-refractivity contribution in [1.29, 1.82) is 0 Å². The molecule has 0 aliphatic carbocycles. The van der Waals surface area contributed by atoms with Gasteiger partial charge in [-0.25, -0.2) is 4.98 Å². The molecular weight excluding hydrogens is 141 g/mol. The Labute approximate surface area is 81.8 Å². The molecule has 0 aliphatic heterocycles. The van der Waals surface area contributed by atoms with Gasteiger partial charge in [0.05, 0.1) is 12.0 Å². The van der Waals surface area contributed by atoms with Crippen molar-refractivity contribution in [3.63, 3.8) is 0 Å². The van der Waals surface area contributed by atoms with Gasteiger partial charge in [-0.05, 0) is 6.54 Å². The largest absolute Gasteiger partial charge is 1.00 e. The van der Waals surface area contributed by atoms with Gasteiger partial charge in [0.25, 0.3) is 0 Å². The van der Waals surface area contributed by atoms with Crippen LogP contribution in [0, 0.1) is 0 Å². The molecule has 0 aromatic carbocycles. The predicted molar refractivity (Wildman–Crippen MR) is 33.3 cm³/mol. The number of nitrogens with one attached hydrogen (secondary N) is 1. The van der Waals surface area contributed by atoms with E-state index >= 15 is 0 Å². The van der Waals surface area contributed by atoms with Crippen LogP contribution in [0.4, 0.5) is 0 Å². The zero-order valence-electron chi connectivity index (χ0n) is 6.04. The molecule has 4 N–H and O–H groups in total. The molecule has 0 saturated heterocycles. The molecule has 0 bridgehead atoms. The van der Waals surface area contributed by atoms with Crippen molar-refractivity contribution in [2.75, 3.05) is 6.54 Å². The average Bonchev–Trinajstić information content (AvgIpc) is 2.19. The Hall–Kier alpha value is 0.130. The zero-order chi connectivity index (χ0) is 5.82. The summed E-state index contributed by atoms with van der Waals surface area (Å²) in [5.74, 6) is 0. The number of imidazole rings is 1. The molecule has 1 heterocycles. The van der Waals surface area contributed by atoms with Gasteiger partial charge in [-0.2, -0.15) is 0 Å². The second-order valence-electron chi connectivity index (χ2n) is 1.60. The summed E-state index contributed by atoms with van der Waals surface area (Å²) in [6, 6.07) is 0. The molecule has 0 unspecified atom stereocenters. The van der Waals surface area contributed by atoms with Crippen LogP contribution in [0.15, 0.2) is 12.5 Å². The van der Waals surface area contributed by atoms with Crippen molar-refractivity contribution < 1.29 is 35.0 Å². The SMILES string of the molecule is NCCc1c[nH]cn1.[Na+].[OH-]. The maximum Gasteiger partial charge on any atom is 1.00 e. The second-order valence-corrected chi connectivity index (χ2v) is 1.60.